The first-order valence-corrected chi connectivity index (χ1v) is 8.17. The van der Waals surface area contributed by atoms with Gasteiger partial charge in [-0.25, -0.2) is 14.5 Å². The first-order chi connectivity index (χ1) is 10.5. The van der Waals surface area contributed by atoms with Crippen LogP contribution in [0.3, 0.4) is 0 Å². The van der Waals surface area contributed by atoms with Crippen LogP contribution in [0.1, 0.15) is 34.3 Å². The maximum Gasteiger partial charge on any atom is 0.345 e. The van der Waals surface area contributed by atoms with Crippen molar-refractivity contribution in [2.45, 2.75) is 38.6 Å². The van der Waals surface area contributed by atoms with E-state index in [1.807, 2.05) is 6.92 Å². The van der Waals surface area contributed by atoms with E-state index in [-0.39, 0.29) is 24.1 Å². The third-order valence-corrected chi connectivity index (χ3v) is 4.95. The number of amides is 1. The molecule has 1 aliphatic carbocycles. The normalized spacial score (nSPS) is 17.3. The van der Waals surface area contributed by atoms with Crippen molar-refractivity contribution in [1.29, 1.82) is 0 Å². The summed E-state index contributed by atoms with van der Waals surface area (Å²) in [7, 11) is 1.61. The molecular formula is C14H19N5O2S. The molecule has 0 radical (unpaired) electrons. The molecule has 0 saturated carbocycles. The molecule has 0 fully saturated rings. The summed E-state index contributed by atoms with van der Waals surface area (Å²) in [5.41, 5.74) is 0.856. The predicted molar refractivity (Wildman–Crippen MR) is 83.0 cm³/mol. The van der Waals surface area contributed by atoms with Crippen molar-refractivity contribution in [3.05, 3.63) is 32.4 Å². The monoisotopic (exact) mass is 321 g/mol. The van der Waals surface area contributed by atoms with E-state index < -0.39 is 0 Å². The van der Waals surface area contributed by atoms with Gasteiger partial charge < -0.3 is 5.32 Å². The zero-order valence-corrected chi connectivity index (χ0v) is 13.5. The van der Waals surface area contributed by atoms with Crippen molar-refractivity contribution in [1.82, 2.24) is 24.6 Å². The van der Waals surface area contributed by atoms with Crippen LogP contribution >= 0.6 is 11.3 Å². The van der Waals surface area contributed by atoms with Gasteiger partial charge in [0.15, 0.2) is 0 Å². The summed E-state index contributed by atoms with van der Waals surface area (Å²) in [5.74, 6) is 0.0815. The Morgan fingerprint density at radius 1 is 1.55 bits per heavy atom. The minimum atomic E-state index is -0.287. The van der Waals surface area contributed by atoms with Gasteiger partial charge >= 0.3 is 5.69 Å². The molecule has 7 nitrogen and oxygen atoms in total. The molecule has 0 spiro atoms. The molecule has 2 heterocycles. The van der Waals surface area contributed by atoms with Crippen LogP contribution in [-0.2, 0) is 24.8 Å². The Kier molecular flexibility index (Phi) is 4.10. The standard InChI is InChI=1S/C14H19N5O2S/c1-9-17-13-10(4-3-5-11(13)22-9)6-15-12(20)7-19-14(21)18(2)8-16-19/h8,10H,3-7H2,1-2H3,(H,15,20)/t10-/m1/s1. The highest BCUT2D eigenvalue weighted by Crippen LogP contribution is 2.34. The van der Waals surface area contributed by atoms with Crippen molar-refractivity contribution < 1.29 is 4.79 Å². The first-order valence-electron chi connectivity index (χ1n) is 7.36. The minimum Gasteiger partial charge on any atom is -0.354 e. The van der Waals surface area contributed by atoms with Gasteiger partial charge in [-0.15, -0.1) is 11.3 Å². The van der Waals surface area contributed by atoms with Gasteiger partial charge in [0.05, 0.1) is 10.7 Å². The summed E-state index contributed by atoms with van der Waals surface area (Å²) >= 11 is 1.75. The Balaban J connectivity index is 1.60. The Bertz CT molecular complexity index is 745. The topological polar surface area (TPSA) is 81.8 Å². The average Bonchev–Trinajstić information content (AvgIpc) is 3.01. The second-order valence-electron chi connectivity index (χ2n) is 5.62. The number of aromatic nitrogens is 4. The summed E-state index contributed by atoms with van der Waals surface area (Å²) in [6.45, 7) is 2.54. The van der Waals surface area contributed by atoms with E-state index in [4.69, 9.17) is 0 Å². The summed E-state index contributed by atoms with van der Waals surface area (Å²) in [6.07, 6.45) is 4.67. The van der Waals surface area contributed by atoms with E-state index in [2.05, 4.69) is 15.4 Å². The third-order valence-electron chi connectivity index (χ3n) is 3.90. The van der Waals surface area contributed by atoms with Crippen molar-refractivity contribution in [3.8, 4) is 0 Å². The highest BCUT2D eigenvalue weighted by molar-refractivity contribution is 7.11. The SMILES string of the molecule is Cc1nc2c(s1)CCC[C@@H]2CNC(=O)Cn1ncn(C)c1=O. The smallest absolute Gasteiger partial charge is 0.345 e. The second-order valence-corrected chi connectivity index (χ2v) is 6.90. The third kappa shape index (κ3) is 2.96. The fourth-order valence-corrected chi connectivity index (χ4v) is 3.85. The van der Waals surface area contributed by atoms with Crippen LogP contribution in [0.2, 0.25) is 0 Å². The van der Waals surface area contributed by atoms with Gasteiger partial charge in [0.1, 0.15) is 12.9 Å². The molecule has 2 aromatic heterocycles. The lowest BCUT2D eigenvalue weighted by atomic mass is 9.91. The molecule has 1 N–H and O–H groups in total. The van der Waals surface area contributed by atoms with Crippen LogP contribution in [0, 0.1) is 6.92 Å². The summed E-state index contributed by atoms with van der Waals surface area (Å²) in [5, 5.41) is 7.88. The van der Waals surface area contributed by atoms with E-state index in [9.17, 15) is 9.59 Å². The van der Waals surface area contributed by atoms with Crippen molar-refractivity contribution >= 4 is 17.2 Å². The number of hydrogen-bond donors (Lipinski definition) is 1. The molecule has 3 rings (SSSR count). The first kappa shape index (κ1) is 15.0. The lowest BCUT2D eigenvalue weighted by Crippen LogP contribution is -2.35. The summed E-state index contributed by atoms with van der Waals surface area (Å²) in [4.78, 5) is 29.6. The second kappa shape index (κ2) is 6.04. The molecule has 0 saturated heterocycles. The fourth-order valence-electron chi connectivity index (χ4n) is 2.79. The zero-order valence-electron chi connectivity index (χ0n) is 12.7. The molecule has 1 amide bonds. The number of rotatable bonds is 4. The van der Waals surface area contributed by atoms with Gasteiger partial charge in [0.2, 0.25) is 5.91 Å². The van der Waals surface area contributed by atoms with Crippen LogP contribution < -0.4 is 11.0 Å². The minimum absolute atomic E-state index is 0.0463. The maximum atomic E-state index is 12.0. The zero-order chi connectivity index (χ0) is 15.7. The van der Waals surface area contributed by atoms with E-state index in [0.29, 0.717) is 6.54 Å². The number of carbonyl (C=O) groups excluding carboxylic acids is 1. The number of hydrogen-bond acceptors (Lipinski definition) is 5. The van der Waals surface area contributed by atoms with Crippen LogP contribution in [0.4, 0.5) is 0 Å². The number of nitrogens with zero attached hydrogens (tertiary/aromatic N) is 4. The van der Waals surface area contributed by atoms with E-state index in [1.54, 1.807) is 18.4 Å². The molecule has 118 valence electrons. The lowest BCUT2D eigenvalue weighted by Gasteiger charge is -2.21. The largest absolute Gasteiger partial charge is 0.354 e. The van der Waals surface area contributed by atoms with Crippen molar-refractivity contribution in [2.24, 2.45) is 7.05 Å². The number of nitrogens with one attached hydrogen (secondary N) is 1. The average molecular weight is 321 g/mol. The summed E-state index contributed by atoms with van der Waals surface area (Å²) < 4.78 is 2.51. The van der Waals surface area contributed by atoms with Crippen LogP contribution in [0.5, 0.6) is 0 Å². The van der Waals surface area contributed by atoms with Gasteiger partial charge in [0.25, 0.3) is 0 Å². The molecule has 8 heteroatoms. The van der Waals surface area contributed by atoms with E-state index in [0.717, 1.165) is 34.6 Å². The Morgan fingerprint density at radius 3 is 3.09 bits per heavy atom. The molecule has 0 unspecified atom stereocenters. The molecular weight excluding hydrogens is 302 g/mol. The fraction of sp³-hybridized carbons (Fsp3) is 0.571. The molecule has 22 heavy (non-hydrogen) atoms. The van der Waals surface area contributed by atoms with Crippen molar-refractivity contribution in [2.75, 3.05) is 6.54 Å². The van der Waals surface area contributed by atoms with Gasteiger partial charge in [0, 0.05) is 24.4 Å². The number of carbonyl (C=O) groups is 1. The molecule has 1 aliphatic rings. The Morgan fingerprint density at radius 2 is 2.36 bits per heavy atom. The van der Waals surface area contributed by atoms with Crippen LogP contribution in [0.25, 0.3) is 0 Å². The molecule has 1 atom stereocenters. The highest BCUT2D eigenvalue weighted by Gasteiger charge is 2.24. The van der Waals surface area contributed by atoms with Gasteiger partial charge in [-0.3, -0.25) is 9.36 Å². The quantitative estimate of drug-likeness (QED) is 0.893. The molecule has 0 aromatic carbocycles. The maximum absolute atomic E-state index is 12.0. The van der Waals surface area contributed by atoms with E-state index >= 15 is 0 Å². The lowest BCUT2D eigenvalue weighted by molar-refractivity contribution is -0.122. The summed E-state index contributed by atoms with van der Waals surface area (Å²) in [6, 6.07) is 0. The van der Waals surface area contributed by atoms with Gasteiger partial charge in [-0.1, -0.05) is 0 Å². The molecule has 0 bridgehead atoms. The molecule has 0 aliphatic heterocycles. The molecule has 2 aromatic rings. The highest BCUT2D eigenvalue weighted by atomic mass is 32.1. The number of aryl methyl sites for hydroxylation is 3. The number of fused-ring (bicyclic) bond motifs is 1. The van der Waals surface area contributed by atoms with Crippen LogP contribution in [-0.4, -0.2) is 31.8 Å². The number of thiazole rings is 1. The van der Waals surface area contributed by atoms with Gasteiger partial charge in [-0.05, 0) is 26.2 Å². The van der Waals surface area contributed by atoms with Crippen LogP contribution in [0.15, 0.2) is 11.1 Å². The Labute approximate surface area is 132 Å². The van der Waals surface area contributed by atoms with Gasteiger partial charge in [-0.2, -0.15) is 5.10 Å². The Hall–Kier alpha value is -1.96. The predicted octanol–water partition coefficient (Wildman–Crippen LogP) is 0.583. The van der Waals surface area contributed by atoms with E-state index in [1.165, 1.54) is 15.8 Å². The van der Waals surface area contributed by atoms with Crippen molar-refractivity contribution in [3.63, 3.8) is 0 Å².